The van der Waals surface area contributed by atoms with E-state index in [-0.39, 0.29) is 5.37 Å². The molecule has 3 unspecified atom stereocenters. The first-order valence-electron chi connectivity index (χ1n) is 4.32. The zero-order chi connectivity index (χ0) is 9.14. The molecular weight excluding hydrogens is 170 g/mol. The Bertz CT molecular complexity index is 179. The summed E-state index contributed by atoms with van der Waals surface area (Å²) in [5.74, 6) is 1.41. The number of nitrogens with one attached hydrogen (secondary N) is 1. The molecule has 3 N–H and O–H groups in total. The summed E-state index contributed by atoms with van der Waals surface area (Å²) in [6.45, 7) is 5.02. The van der Waals surface area contributed by atoms with E-state index in [0.29, 0.717) is 12.0 Å². The molecule has 0 aromatic heterocycles. The number of aliphatic imine (C=N–C) groups is 1. The molecule has 0 saturated carbocycles. The highest BCUT2D eigenvalue weighted by atomic mass is 32.1. The molecule has 1 aliphatic heterocycles. The van der Waals surface area contributed by atoms with E-state index < -0.39 is 0 Å². The van der Waals surface area contributed by atoms with Crippen LogP contribution >= 0.6 is 12.6 Å². The Morgan fingerprint density at radius 2 is 2.42 bits per heavy atom. The topological polar surface area (TPSA) is 50.4 Å². The Hall–Kier alpha value is -0.220. The monoisotopic (exact) mass is 187 g/mol. The van der Waals surface area contributed by atoms with E-state index in [1.165, 1.54) is 0 Å². The van der Waals surface area contributed by atoms with E-state index in [2.05, 4.69) is 29.9 Å². The van der Waals surface area contributed by atoms with Crippen molar-refractivity contribution in [2.45, 2.75) is 31.7 Å². The van der Waals surface area contributed by atoms with Gasteiger partial charge in [0.05, 0.1) is 11.2 Å². The smallest absolute Gasteiger partial charge is 0.0933 e. The van der Waals surface area contributed by atoms with Gasteiger partial charge in [-0.3, -0.25) is 4.99 Å². The molecule has 1 heterocycles. The lowest BCUT2D eigenvalue weighted by molar-refractivity contribution is 0.385. The molecule has 0 aromatic rings. The third-order valence-electron chi connectivity index (χ3n) is 2.36. The number of nitrogens with two attached hydrogens (primary N) is 1. The van der Waals surface area contributed by atoms with Gasteiger partial charge < -0.3 is 11.1 Å². The summed E-state index contributed by atoms with van der Waals surface area (Å²) < 4.78 is 0. The van der Waals surface area contributed by atoms with Gasteiger partial charge in [0, 0.05) is 18.5 Å². The predicted octanol–water partition coefficient (Wildman–Crippen LogP) is 0.617. The molecule has 0 fully saturated rings. The lowest BCUT2D eigenvalue weighted by Gasteiger charge is -2.30. The van der Waals surface area contributed by atoms with Gasteiger partial charge >= 0.3 is 0 Å². The average molecular weight is 187 g/mol. The number of nitrogens with zero attached hydrogens (tertiary/aromatic N) is 1. The highest BCUT2D eigenvalue weighted by Crippen LogP contribution is 2.15. The molecule has 70 valence electrons. The number of rotatable bonds is 2. The van der Waals surface area contributed by atoms with Gasteiger partial charge in [-0.25, -0.2) is 0 Å². The first-order chi connectivity index (χ1) is 5.61. The molecule has 1 rings (SSSR count). The molecule has 12 heavy (non-hydrogen) atoms. The van der Waals surface area contributed by atoms with E-state index >= 15 is 0 Å². The SMILES string of the molecule is CC1=NCCC(C(C)C(N)S)N1. The molecule has 1 aliphatic rings. The van der Waals surface area contributed by atoms with Gasteiger partial charge in [-0.2, -0.15) is 12.6 Å². The second-order valence-electron chi connectivity index (χ2n) is 3.36. The van der Waals surface area contributed by atoms with Crippen molar-refractivity contribution >= 4 is 18.5 Å². The maximum atomic E-state index is 5.70. The molecule has 4 heteroatoms. The normalized spacial score (nSPS) is 28.7. The van der Waals surface area contributed by atoms with Gasteiger partial charge in [-0.05, 0) is 13.3 Å². The fourth-order valence-corrected chi connectivity index (χ4v) is 1.60. The van der Waals surface area contributed by atoms with Crippen molar-refractivity contribution in [2.75, 3.05) is 6.54 Å². The van der Waals surface area contributed by atoms with Crippen LogP contribution in [0.2, 0.25) is 0 Å². The lowest BCUT2D eigenvalue weighted by Crippen LogP contribution is -2.46. The van der Waals surface area contributed by atoms with Gasteiger partial charge in [0.25, 0.3) is 0 Å². The molecule has 0 aliphatic carbocycles. The number of hydrogen-bond acceptors (Lipinski definition) is 4. The highest BCUT2D eigenvalue weighted by molar-refractivity contribution is 7.80. The van der Waals surface area contributed by atoms with Crippen LogP contribution < -0.4 is 11.1 Å². The van der Waals surface area contributed by atoms with Gasteiger partial charge in [0.2, 0.25) is 0 Å². The van der Waals surface area contributed by atoms with Crippen LogP contribution in [-0.2, 0) is 0 Å². The van der Waals surface area contributed by atoms with Crippen LogP contribution in [0.1, 0.15) is 20.3 Å². The number of hydrogen-bond donors (Lipinski definition) is 3. The molecule has 0 amide bonds. The summed E-state index contributed by atoms with van der Waals surface area (Å²) in [5, 5.41) is 3.27. The summed E-state index contributed by atoms with van der Waals surface area (Å²) in [4.78, 5) is 4.26. The number of thiol groups is 1. The fraction of sp³-hybridized carbons (Fsp3) is 0.875. The predicted molar refractivity (Wildman–Crippen MR) is 55.6 cm³/mol. The summed E-state index contributed by atoms with van der Waals surface area (Å²) in [7, 11) is 0. The molecule has 0 saturated heterocycles. The molecule has 3 atom stereocenters. The largest absolute Gasteiger partial charge is 0.371 e. The van der Waals surface area contributed by atoms with Crippen molar-refractivity contribution in [3.8, 4) is 0 Å². The second kappa shape index (κ2) is 4.14. The average Bonchev–Trinajstić information content (AvgIpc) is 2.03. The Morgan fingerprint density at radius 1 is 1.75 bits per heavy atom. The van der Waals surface area contributed by atoms with Crippen molar-refractivity contribution < 1.29 is 0 Å². The van der Waals surface area contributed by atoms with E-state index in [0.717, 1.165) is 18.8 Å². The van der Waals surface area contributed by atoms with Crippen molar-refractivity contribution in [3.05, 3.63) is 0 Å². The lowest BCUT2D eigenvalue weighted by atomic mass is 9.97. The Labute approximate surface area is 79.2 Å². The first-order valence-corrected chi connectivity index (χ1v) is 4.84. The molecule has 0 bridgehead atoms. The van der Waals surface area contributed by atoms with Crippen LogP contribution in [0.15, 0.2) is 4.99 Å². The van der Waals surface area contributed by atoms with Crippen LogP contribution in [0, 0.1) is 5.92 Å². The molecule has 0 aromatic carbocycles. The van der Waals surface area contributed by atoms with E-state index in [1.807, 2.05) is 6.92 Å². The van der Waals surface area contributed by atoms with Crippen molar-refractivity contribution in [3.63, 3.8) is 0 Å². The van der Waals surface area contributed by atoms with Crippen LogP contribution in [0.25, 0.3) is 0 Å². The van der Waals surface area contributed by atoms with Crippen LogP contribution in [0.5, 0.6) is 0 Å². The Kier molecular flexibility index (Phi) is 3.40. The van der Waals surface area contributed by atoms with Gasteiger partial charge in [0.15, 0.2) is 0 Å². The maximum Gasteiger partial charge on any atom is 0.0933 e. The minimum atomic E-state index is -0.0478. The maximum absolute atomic E-state index is 5.70. The van der Waals surface area contributed by atoms with Crippen molar-refractivity contribution in [1.29, 1.82) is 0 Å². The minimum absolute atomic E-state index is 0.0478. The minimum Gasteiger partial charge on any atom is -0.371 e. The van der Waals surface area contributed by atoms with Gasteiger partial charge in [-0.1, -0.05) is 6.92 Å². The Balaban J connectivity index is 2.49. The first kappa shape index (κ1) is 9.86. The van der Waals surface area contributed by atoms with Crippen molar-refractivity contribution in [2.24, 2.45) is 16.6 Å². The quantitative estimate of drug-likeness (QED) is 0.438. The third-order valence-corrected chi connectivity index (χ3v) is 2.83. The van der Waals surface area contributed by atoms with E-state index in [9.17, 15) is 0 Å². The third kappa shape index (κ3) is 2.38. The van der Waals surface area contributed by atoms with Crippen LogP contribution in [0.3, 0.4) is 0 Å². The van der Waals surface area contributed by atoms with Gasteiger partial charge in [-0.15, -0.1) is 0 Å². The zero-order valence-electron chi connectivity index (χ0n) is 7.62. The van der Waals surface area contributed by atoms with Crippen LogP contribution in [-0.4, -0.2) is 23.8 Å². The summed E-state index contributed by atoms with van der Waals surface area (Å²) >= 11 is 4.23. The van der Waals surface area contributed by atoms with Crippen molar-refractivity contribution in [1.82, 2.24) is 5.32 Å². The summed E-state index contributed by atoms with van der Waals surface area (Å²) in [6, 6.07) is 0.440. The van der Waals surface area contributed by atoms with Gasteiger partial charge in [0.1, 0.15) is 0 Å². The molecule has 0 spiro atoms. The molecule has 3 nitrogen and oxygen atoms in total. The zero-order valence-corrected chi connectivity index (χ0v) is 8.51. The second-order valence-corrected chi connectivity index (χ2v) is 3.95. The molecular formula is C8H17N3S. The number of amidine groups is 1. The van der Waals surface area contributed by atoms with E-state index in [1.54, 1.807) is 0 Å². The fourth-order valence-electron chi connectivity index (χ4n) is 1.39. The Morgan fingerprint density at radius 3 is 2.92 bits per heavy atom. The summed E-state index contributed by atoms with van der Waals surface area (Å²) in [5.41, 5.74) is 5.70. The standard InChI is InChI=1S/C8H17N3S/c1-5(8(9)12)7-3-4-10-6(2)11-7/h5,7-8,12H,3-4,9H2,1-2H3,(H,10,11). The van der Waals surface area contributed by atoms with E-state index in [4.69, 9.17) is 5.73 Å². The van der Waals surface area contributed by atoms with Crippen LogP contribution in [0.4, 0.5) is 0 Å². The highest BCUT2D eigenvalue weighted by Gasteiger charge is 2.22. The molecule has 0 radical (unpaired) electrons. The summed E-state index contributed by atoms with van der Waals surface area (Å²) in [6.07, 6.45) is 1.06.